The maximum atomic E-state index is 13.3. The fourth-order valence-electron chi connectivity index (χ4n) is 3.92. The first kappa shape index (κ1) is 24.2. The summed E-state index contributed by atoms with van der Waals surface area (Å²) in [5.41, 5.74) is -0.105. The van der Waals surface area contributed by atoms with Crippen LogP contribution < -0.4 is 5.43 Å². The van der Waals surface area contributed by atoms with E-state index in [0.717, 1.165) is 24.3 Å². The molecule has 184 valence electrons. The number of hydrogen-bond acceptors (Lipinski definition) is 2. The number of para-hydroxylation sites is 1. The zero-order chi connectivity index (χ0) is 26.4. The second-order valence-corrected chi connectivity index (χ2v) is 8.23. The normalized spacial score (nSPS) is 11.9. The van der Waals surface area contributed by atoms with Crippen molar-refractivity contribution >= 4 is 21.9 Å². The van der Waals surface area contributed by atoms with Crippen molar-refractivity contribution in [2.24, 2.45) is 0 Å². The molecule has 37 heavy (non-hydrogen) atoms. The number of rotatable bonds is 1. The van der Waals surface area contributed by atoms with Gasteiger partial charge in [-0.1, -0.05) is 36.1 Å². The Morgan fingerprint density at radius 3 is 1.81 bits per heavy atom. The van der Waals surface area contributed by atoms with Gasteiger partial charge >= 0.3 is 12.4 Å². The Morgan fingerprint density at radius 1 is 0.622 bits per heavy atom. The van der Waals surface area contributed by atoms with E-state index in [-0.39, 0.29) is 16.4 Å². The summed E-state index contributed by atoms with van der Waals surface area (Å²) in [6, 6.07) is 18.4. The van der Waals surface area contributed by atoms with Crippen molar-refractivity contribution in [3.63, 3.8) is 0 Å². The Kier molecular flexibility index (Phi) is 5.79. The maximum Gasteiger partial charge on any atom is 0.416 e. The fraction of sp³-hybridized carbons (Fsp3) is 0.0690. The summed E-state index contributed by atoms with van der Waals surface area (Å²) in [6.45, 7) is 0. The highest BCUT2D eigenvalue weighted by Gasteiger charge is 2.30. The molecule has 1 heterocycles. The second-order valence-electron chi connectivity index (χ2n) is 8.23. The molecule has 0 fully saturated rings. The Bertz CT molecular complexity index is 1750. The van der Waals surface area contributed by atoms with Crippen LogP contribution in [0.2, 0.25) is 0 Å². The molecule has 1 aromatic heterocycles. The van der Waals surface area contributed by atoms with Gasteiger partial charge in [-0.15, -0.1) is 0 Å². The van der Waals surface area contributed by atoms with Crippen LogP contribution in [0.5, 0.6) is 0 Å². The minimum absolute atomic E-state index is 0.174. The van der Waals surface area contributed by atoms with Crippen LogP contribution in [0, 0.1) is 11.8 Å². The van der Waals surface area contributed by atoms with E-state index in [1.165, 1.54) is 30.3 Å². The van der Waals surface area contributed by atoms with E-state index in [0.29, 0.717) is 33.2 Å². The van der Waals surface area contributed by atoms with Crippen LogP contribution in [0.4, 0.5) is 26.3 Å². The van der Waals surface area contributed by atoms with Gasteiger partial charge in [0.2, 0.25) is 5.43 Å². The molecule has 0 aliphatic carbocycles. The average molecular weight is 508 g/mol. The predicted octanol–water partition coefficient (Wildman–Crippen LogP) is 8.05. The minimum atomic E-state index is -4.52. The van der Waals surface area contributed by atoms with Gasteiger partial charge < -0.3 is 4.42 Å². The Labute approximate surface area is 205 Å². The third-order valence-corrected chi connectivity index (χ3v) is 5.76. The number of hydrogen-bond donors (Lipinski definition) is 0. The first-order chi connectivity index (χ1) is 17.5. The summed E-state index contributed by atoms with van der Waals surface area (Å²) in [4.78, 5) is 13.3. The van der Waals surface area contributed by atoms with Crippen LogP contribution in [0.3, 0.4) is 0 Å². The standard InChI is InChI=1S/C29H14F6O2/c30-28(31,32)20-11-7-17(8-12-20)5-6-18-15-23(19-9-13-21(14-10-19)29(33,34)35)27-24(16-18)26(36)22-3-1-2-4-25(22)37-27/h1-4,7-16H. The van der Waals surface area contributed by atoms with Crippen LogP contribution in [0.25, 0.3) is 33.1 Å². The molecule has 0 amide bonds. The maximum absolute atomic E-state index is 13.3. The lowest BCUT2D eigenvalue weighted by atomic mass is 9.97. The topological polar surface area (TPSA) is 30.2 Å². The molecule has 0 radical (unpaired) electrons. The summed E-state index contributed by atoms with van der Waals surface area (Å²) in [5, 5.41) is 0.494. The molecule has 0 saturated carbocycles. The summed E-state index contributed by atoms with van der Waals surface area (Å²) in [6.07, 6.45) is -8.99. The van der Waals surface area contributed by atoms with Crippen molar-refractivity contribution in [2.45, 2.75) is 12.4 Å². The van der Waals surface area contributed by atoms with Gasteiger partial charge in [0.15, 0.2) is 0 Å². The first-order valence-corrected chi connectivity index (χ1v) is 10.9. The van der Waals surface area contributed by atoms with Gasteiger partial charge in [-0.25, -0.2) is 0 Å². The summed E-state index contributed by atoms with van der Waals surface area (Å²) in [5.74, 6) is 5.61. The first-order valence-electron chi connectivity index (χ1n) is 10.9. The lowest BCUT2D eigenvalue weighted by Crippen LogP contribution is -2.05. The molecule has 0 unspecified atom stereocenters. The van der Waals surface area contributed by atoms with E-state index in [2.05, 4.69) is 11.8 Å². The summed E-state index contributed by atoms with van der Waals surface area (Å²) >= 11 is 0. The Hall–Kier alpha value is -4.51. The average Bonchev–Trinajstić information content (AvgIpc) is 2.87. The van der Waals surface area contributed by atoms with E-state index in [1.807, 2.05) is 0 Å². The van der Waals surface area contributed by atoms with Crippen molar-refractivity contribution in [1.82, 2.24) is 0 Å². The largest absolute Gasteiger partial charge is 0.455 e. The molecular weight excluding hydrogens is 494 g/mol. The third kappa shape index (κ3) is 4.81. The van der Waals surface area contributed by atoms with Gasteiger partial charge in [0.25, 0.3) is 0 Å². The SMILES string of the molecule is O=c1c2ccccc2oc2c(-c3ccc(C(F)(F)F)cc3)cc(C#Cc3ccc(C(F)(F)F)cc3)cc12. The van der Waals surface area contributed by atoms with Crippen LogP contribution in [-0.4, -0.2) is 0 Å². The van der Waals surface area contributed by atoms with Crippen molar-refractivity contribution in [2.75, 3.05) is 0 Å². The summed E-state index contributed by atoms with van der Waals surface area (Å²) < 4.78 is 83.7. The molecule has 0 saturated heterocycles. The lowest BCUT2D eigenvalue weighted by molar-refractivity contribution is -0.138. The molecule has 5 aromatic rings. The van der Waals surface area contributed by atoms with E-state index in [9.17, 15) is 31.1 Å². The van der Waals surface area contributed by atoms with E-state index < -0.39 is 23.5 Å². The number of benzene rings is 4. The number of fused-ring (bicyclic) bond motifs is 2. The molecule has 0 bridgehead atoms. The van der Waals surface area contributed by atoms with Gasteiger partial charge in [0.1, 0.15) is 11.2 Å². The van der Waals surface area contributed by atoms with Crippen molar-refractivity contribution in [3.8, 4) is 23.0 Å². The molecule has 8 heteroatoms. The van der Waals surface area contributed by atoms with Crippen molar-refractivity contribution in [3.05, 3.63) is 117 Å². The Balaban J connectivity index is 1.69. The molecule has 2 nitrogen and oxygen atoms in total. The second kappa shape index (κ2) is 8.86. The zero-order valence-corrected chi connectivity index (χ0v) is 18.7. The lowest BCUT2D eigenvalue weighted by Gasteiger charge is -2.11. The van der Waals surface area contributed by atoms with Gasteiger partial charge in [0, 0.05) is 16.7 Å². The molecule has 0 atom stereocenters. The molecule has 0 N–H and O–H groups in total. The highest BCUT2D eigenvalue weighted by Crippen LogP contribution is 2.34. The van der Waals surface area contributed by atoms with Gasteiger partial charge in [-0.2, -0.15) is 26.3 Å². The number of alkyl halides is 6. The van der Waals surface area contributed by atoms with Crippen molar-refractivity contribution < 1.29 is 30.8 Å². The summed E-state index contributed by atoms with van der Waals surface area (Å²) in [7, 11) is 0. The molecule has 0 aliphatic rings. The monoisotopic (exact) mass is 508 g/mol. The van der Waals surface area contributed by atoms with E-state index in [1.54, 1.807) is 30.3 Å². The third-order valence-electron chi connectivity index (χ3n) is 5.76. The highest BCUT2D eigenvalue weighted by molar-refractivity contribution is 5.98. The fourth-order valence-corrected chi connectivity index (χ4v) is 3.92. The molecule has 5 rings (SSSR count). The quantitative estimate of drug-likeness (QED) is 0.130. The number of halogens is 6. The van der Waals surface area contributed by atoms with Crippen LogP contribution in [0.1, 0.15) is 22.3 Å². The van der Waals surface area contributed by atoms with Crippen LogP contribution in [0.15, 0.2) is 94.1 Å². The van der Waals surface area contributed by atoms with E-state index in [4.69, 9.17) is 4.42 Å². The van der Waals surface area contributed by atoms with Gasteiger partial charge in [-0.05, 0) is 66.2 Å². The van der Waals surface area contributed by atoms with Crippen molar-refractivity contribution in [1.29, 1.82) is 0 Å². The molecular formula is C29H14F6O2. The van der Waals surface area contributed by atoms with E-state index >= 15 is 0 Å². The zero-order valence-electron chi connectivity index (χ0n) is 18.7. The molecule has 4 aromatic carbocycles. The molecule has 0 spiro atoms. The molecule has 0 aliphatic heterocycles. The minimum Gasteiger partial charge on any atom is -0.455 e. The van der Waals surface area contributed by atoms with Crippen LogP contribution in [-0.2, 0) is 12.4 Å². The van der Waals surface area contributed by atoms with Crippen LogP contribution >= 0.6 is 0 Å². The van der Waals surface area contributed by atoms with Gasteiger partial charge in [0.05, 0.1) is 21.9 Å². The Morgan fingerprint density at radius 2 is 1.19 bits per heavy atom. The highest BCUT2D eigenvalue weighted by atomic mass is 19.4. The smallest absolute Gasteiger partial charge is 0.416 e. The van der Waals surface area contributed by atoms with Gasteiger partial charge in [-0.3, -0.25) is 4.79 Å². The predicted molar refractivity (Wildman–Crippen MR) is 128 cm³/mol.